The number of carboxylic acids is 1. The first-order valence-electron chi connectivity index (χ1n) is 9.20. The van der Waals surface area contributed by atoms with E-state index in [0.717, 1.165) is 0 Å². The smallest absolute Gasteiger partial charge is 0.475 e. The van der Waals surface area contributed by atoms with Crippen LogP contribution in [0.1, 0.15) is 55.7 Å². The van der Waals surface area contributed by atoms with Crippen molar-refractivity contribution in [3.8, 4) is 0 Å². The maximum absolute atomic E-state index is 12.7. The van der Waals surface area contributed by atoms with Crippen molar-refractivity contribution in [2.45, 2.75) is 63.4 Å². The number of hydrogen-bond donors (Lipinski definition) is 4. The minimum absolute atomic E-state index is 0.105. The topological polar surface area (TPSA) is 186 Å². The van der Waals surface area contributed by atoms with E-state index in [1.54, 1.807) is 6.92 Å². The van der Waals surface area contributed by atoms with E-state index in [4.69, 9.17) is 21.4 Å². The van der Waals surface area contributed by atoms with Crippen LogP contribution in [-0.2, 0) is 19.4 Å². The minimum Gasteiger partial charge on any atom is -0.475 e. The number of nitrogens with one attached hydrogen (secondary N) is 1. The molecule has 6 N–H and O–H groups in total. The highest BCUT2D eigenvalue weighted by atomic mass is 32.2. The summed E-state index contributed by atoms with van der Waals surface area (Å²) in [5.74, 6) is -5.64. The first kappa shape index (κ1) is 28.5. The third kappa shape index (κ3) is 8.28. The average Bonchev–Trinajstić information content (AvgIpc) is 3.06. The Morgan fingerprint density at radius 2 is 1.65 bits per heavy atom. The fourth-order valence-corrected chi connectivity index (χ4v) is 4.93. The number of halogens is 3. The molecular formula is C17H27F3N4O6S. The van der Waals surface area contributed by atoms with Crippen LogP contribution in [0.3, 0.4) is 0 Å². The summed E-state index contributed by atoms with van der Waals surface area (Å²) >= 11 is 0. The molecule has 178 valence electrons. The van der Waals surface area contributed by atoms with Crippen LogP contribution >= 0.6 is 0 Å². The summed E-state index contributed by atoms with van der Waals surface area (Å²) in [5, 5.41) is 12.8. The van der Waals surface area contributed by atoms with Gasteiger partial charge in [0.15, 0.2) is 15.4 Å². The molecule has 0 saturated carbocycles. The lowest BCUT2D eigenvalue weighted by atomic mass is 9.94. The molecule has 0 aliphatic carbocycles. The Labute approximate surface area is 177 Å². The molecule has 1 atom stereocenters. The molecule has 1 aromatic heterocycles. The highest BCUT2D eigenvalue weighted by molar-refractivity contribution is 7.92. The predicted molar refractivity (Wildman–Crippen MR) is 105 cm³/mol. The van der Waals surface area contributed by atoms with Crippen molar-refractivity contribution >= 4 is 27.5 Å². The molecule has 1 amide bonds. The van der Waals surface area contributed by atoms with Crippen LogP contribution in [0, 0.1) is 6.92 Å². The molecule has 1 aromatic rings. The average molecular weight is 472 g/mol. The van der Waals surface area contributed by atoms with Gasteiger partial charge in [-0.05, 0) is 25.8 Å². The summed E-state index contributed by atoms with van der Waals surface area (Å²) in [4.78, 5) is 33.3. The van der Waals surface area contributed by atoms with Gasteiger partial charge in [-0.2, -0.15) is 18.3 Å². The van der Waals surface area contributed by atoms with Gasteiger partial charge < -0.3 is 16.6 Å². The second-order valence-electron chi connectivity index (χ2n) is 6.91. The number of carbonyl (C=O) groups excluding carboxylic acids is 2. The second kappa shape index (κ2) is 11.2. The van der Waals surface area contributed by atoms with Crippen LogP contribution < -0.4 is 11.5 Å². The lowest BCUT2D eigenvalue weighted by molar-refractivity contribution is -0.192. The van der Waals surface area contributed by atoms with Crippen molar-refractivity contribution < 1.29 is 41.1 Å². The van der Waals surface area contributed by atoms with Crippen LogP contribution in [0.5, 0.6) is 0 Å². The number of carbonyl (C=O) groups is 3. The summed E-state index contributed by atoms with van der Waals surface area (Å²) < 4.78 is 57.1. The van der Waals surface area contributed by atoms with Crippen LogP contribution in [0.15, 0.2) is 6.07 Å². The Balaban J connectivity index is 0.00000110. The molecule has 0 aliphatic heterocycles. The van der Waals surface area contributed by atoms with Gasteiger partial charge in [-0.3, -0.25) is 14.7 Å². The second-order valence-corrected chi connectivity index (χ2v) is 9.19. The molecule has 1 rings (SSSR count). The number of nitrogens with zero attached hydrogens (tertiary/aromatic N) is 1. The van der Waals surface area contributed by atoms with Crippen LogP contribution in [0.4, 0.5) is 13.2 Å². The molecule has 31 heavy (non-hydrogen) atoms. The molecule has 0 saturated heterocycles. The highest BCUT2D eigenvalue weighted by Gasteiger charge is 2.47. The van der Waals surface area contributed by atoms with Gasteiger partial charge >= 0.3 is 12.1 Å². The summed E-state index contributed by atoms with van der Waals surface area (Å²) in [6.45, 7) is 5.42. The number of hydrogen-bond acceptors (Lipinski definition) is 7. The zero-order valence-corrected chi connectivity index (χ0v) is 18.1. The number of aryl methyl sites for hydroxylation is 1. The Bertz CT molecular complexity index is 879. The lowest BCUT2D eigenvalue weighted by Gasteiger charge is -2.26. The number of aliphatic carboxylic acids is 1. The van der Waals surface area contributed by atoms with E-state index in [-0.39, 0.29) is 5.69 Å². The first-order valence-corrected chi connectivity index (χ1v) is 10.9. The third-order valence-corrected chi connectivity index (χ3v) is 6.53. The van der Waals surface area contributed by atoms with Gasteiger partial charge in [0, 0.05) is 5.69 Å². The zero-order chi connectivity index (χ0) is 24.6. The van der Waals surface area contributed by atoms with E-state index >= 15 is 0 Å². The fourth-order valence-electron chi connectivity index (χ4n) is 2.59. The Hall–Kier alpha value is -2.48. The van der Waals surface area contributed by atoms with Gasteiger partial charge in [0.2, 0.25) is 11.7 Å². The summed E-state index contributed by atoms with van der Waals surface area (Å²) in [5.41, 5.74) is 9.32. The standard InChI is InChI=1S/C15H26N4O4S.C2HF3O2/c1-4-6-11(7-5-2)24(22,23)9-15(17,14(16)21)13(20)12-8-10(3)18-19-12;3-2(4,5)1(6)7/h8,11H,4-7,9,17H2,1-3H3,(H2,16,21)(H,18,19);(H,6,7). The van der Waals surface area contributed by atoms with E-state index in [0.29, 0.717) is 31.4 Å². The molecule has 0 spiro atoms. The molecule has 14 heteroatoms. The molecule has 1 unspecified atom stereocenters. The van der Waals surface area contributed by atoms with Crippen LogP contribution in [-0.4, -0.2) is 64.1 Å². The number of amides is 1. The number of rotatable bonds is 10. The van der Waals surface area contributed by atoms with E-state index in [9.17, 15) is 31.2 Å². The van der Waals surface area contributed by atoms with Gasteiger partial charge in [-0.1, -0.05) is 26.7 Å². The molecule has 0 radical (unpaired) electrons. The Morgan fingerprint density at radius 3 is 1.94 bits per heavy atom. The molecule has 1 heterocycles. The largest absolute Gasteiger partial charge is 0.490 e. The number of H-pyrrole nitrogens is 1. The van der Waals surface area contributed by atoms with Crippen molar-refractivity contribution in [3.05, 3.63) is 17.5 Å². The third-order valence-electron chi connectivity index (χ3n) is 4.18. The summed E-state index contributed by atoms with van der Waals surface area (Å²) in [6.07, 6.45) is -2.85. The van der Waals surface area contributed by atoms with Gasteiger partial charge in [-0.15, -0.1) is 0 Å². The van der Waals surface area contributed by atoms with Crippen molar-refractivity contribution in [3.63, 3.8) is 0 Å². The maximum atomic E-state index is 12.7. The number of alkyl halides is 3. The van der Waals surface area contributed by atoms with Crippen molar-refractivity contribution in [1.82, 2.24) is 10.2 Å². The van der Waals surface area contributed by atoms with Gasteiger partial charge in [0.05, 0.1) is 11.0 Å². The number of aromatic amines is 1. The van der Waals surface area contributed by atoms with Crippen molar-refractivity contribution in [2.24, 2.45) is 11.5 Å². The maximum Gasteiger partial charge on any atom is 0.490 e. The van der Waals surface area contributed by atoms with E-state index in [2.05, 4.69) is 10.2 Å². The van der Waals surface area contributed by atoms with E-state index in [1.165, 1.54) is 6.07 Å². The Morgan fingerprint density at radius 1 is 1.19 bits per heavy atom. The van der Waals surface area contributed by atoms with E-state index in [1.807, 2.05) is 13.8 Å². The number of sulfone groups is 1. The summed E-state index contributed by atoms with van der Waals surface area (Å²) in [6, 6.07) is 1.40. The number of ketones is 1. The Kier molecular flexibility index (Phi) is 10.3. The molecule has 10 nitrogen and oxygen atoms in total. The first-order chi connectivity index (χ1) is 14.0. The monoisotopic (exact) mass is 472 g/mol. The summed E-state index contributed by atoms with van der Waals surface area (Å²) in [7, 11) is -3.78. The quantitative estimate of drug-likeness (QED) is 0.288. The predicted octanol–water partition coefficient (Wildman–Crippen LogP) is 1.10. The molecule has 0 bridgehead atoms. The van der Waals surface area contributed by atoms with E-state index < -0.39 is 50.2 Å². The number of Topliss-reactive ketones (excluding diaryl/α,β-unsaturated/α-hetero) is 1. The van der Waals surface area contributed by atoms with Gasteiger partial charge in [0.25, 0.3) is 0 Å². The minimum atomic E-state index is -5.08. The van der Waals surface area contributed by atoms with Crippen molar-refractivity contribution in [2.75, 3.05) is 5.75 Å². The molecule has 0 aromatic carbocycles. The van der Waals surface area contributed by atoms with Crippen LogP contribution in [0.25, 0.3) is 0 Å². The number of carboxylic acid groups (broad SMARTS) is 1. The zero-order valence-electron chi connectivity index (χ0n) is 17.3. The SMILES string of the molecule is CCCC(CCC)S(=O)(=O)CC(N)(C(N)=O)C(=O)c1cc(C)[nH]n1.O=C(O)C(F)(F)F. The van der Waals surface area contributed by atoms with Gasteiger partial charge in [0.1, 0.15) is 5.69 Å². The van der Waals surface area contributed by atoms with Crippen molar-refractivity contribution in [1.29, 1.82) is 0 Å². The molecule has 0 fully saturated rings. The fraction of sp³-hybridized carbons (Fsp3) is 0.647. The number of aromatic nitrogens is 2. The normalized spacial score (nSPS) is 13.8. The lowest BCUT2D eigenvalue weighted by Crippen LogP contribution is -2.63. The van der Waals surface area contributed by atoms with Crippen LogP contribution in [0.2, 0.25) is 0 Å². The molecular weight excluding hydrogens is 445 g/mol. The van der Waals surface area contributed by atoms with Gasteiger partial charge in [-0.25, -0.2) is 13.2 Å². The highest BCUT2D eigenvalue weighted by Crippen LogP contribution is 2.21. The number of nitrogens with two attached hydrogens (primary N) is 2. The number of primary amides is 1. The molecule has 0 aliphatic rings.